The fourth-order valence-corrected chi connectivity index (χ4v) is 3.16. The Morgan fingerprint density at radius 3 is 2.69 bits per heavy atom. The molecule has 1 fully saturated rings. The molecule has 1 aliphatic rings. The number of halogens is 3. The number of hydrogen-bond donors (Lipinski definition) is 1. The largest absolute Gasteiger partial charge is 0.476 e. The first-order valence-corrected chi connectivity index (χ1v) is 9.03. The number of aromatic nitrogens is 2. The Hall–Kier alpha value is -2.55. The van der Waals surface area contributed by atoms with Gasteiger partial charge in [-0.05, 0) is 19.2 Å². The van der Waals surface area contributed by atoms with E-state index in [1.165, 1.54) is 6.07 Å². The Bertz CT molecular complexity index is 941. The molecule has 0 amide bonds. The highest BCUT2D eigenvalue weighted by atomic mass is 35.5. The van der Waals surface area contributed by atoms with Crippen LogP contribution in [0.2, 0.25) is 0 Å². The molecular weight excluding hydrogens is 402 g/mol. The van der Waals surface area contributed by atoms with Crippen molar-refractivity contribution in [2.45, 2.75) is 12.1 Å². The number of likely N-dealkylation sites (N-methyl/N-ethyl adjacent to an activating group) is 1. The minimum absolute atomic E-state index is 0. The first-order valence-electron chi connectivity index (χ1n) is 9.03. The molecule has 1 saturated heterocycles. The monoisotopic (exact) mass is 422 g/mol. The first kappa shape index (κ1) is 21.2. The third-order valence-electron chi connectivity index (χ3n) is 4.74. The van der Waals surface area contributed by atoms with Gasteiger partial charge in [-0.25, -0.2) is 8.78 Å². The van der Waals surface area contributed by atoms with Crippen LogP contribution in [0.25, 0.3) is 0 Å². The van der Waals surface area contributed by atoms with E-state index in [4.69, 9.17) is 9.26 Å². The fourth-order valence-electron chi connectivity index (χ4n) is 3.16. The Kier molecular flexibility index (Phi) is 6.79. The average Bonchev–Trinajstić information content (AvgIpc) is 3.19. The fraction of sp³-hybridized carbons (Fsp3) is 0.300. The summed E-state index contributed by atoms with van der Waals surface area (Å²) in [5, 5.41) is 7.44. The number of hydrogen-bond acceptors (Lipinski definition) is 6. The van der Waals surface area contributed by atoms with Crippen LogP contribution in [-0.2, 0) is 0 Å². The topological polar surface area (TPSA) is 63.4 Å². The van der Waals surface area contributed by atoms with Crippen LogP contribution in [0.4, 0.5) is 8.78 Å². The zero-order valence-corrected chi connectivity index (χ0v) is 16.5. The molecule has 2 atom stereocenters. The van der Waals surface area contributed by atoms with Crippen molar-refractivity contribution in [2.75, 3.05) is 26.7 Å². The van der Waals surface area contributed by atoms with Gasteiger partial charge in [-0.3, -0.25) is 4.90 Å². The minimum Gasteiger partial charge on any atom is -0.476 e. The molecule has 1 N–H and O–H groups in total. The SMILES string of the molecule is CN1CCNCC1c1noc(C(Oc2ccc(F)c(F)c2)c2ccccc2)n1.Cl. The number of nitrogens with zero attached hydrogens (tertiary/aromatic N) is 3. The van der Waals surface area contributed by atoms with Gasteiger partial charge in [0.15, 0.2) is 17.5 Å². The number of piperazine rings is 1. The van der Waals surface area contributed by atoms with Crippen molar-refractivity contribution in [3.8, 4) is 5.75 Å². The molecule has 2 heterocycles. The molecule has 29 heavy (non-hydrogen) atoms. The maximum absolute atomic E-state index is 13.6. The normalized spacial score (nSPS) is 18.1. The van der Waals surface area contributed by atoms with Gasteiger partial charge < -0.3 is 14.6 Å². The molecule has 0 aliphatic carbocycles. The molecule has 0 saturated carbocycles. The Labute approximate surface area is 173 Å². The molecule has 6 nitrogen and oxygen atoms in total. The second kappa shape index (κ2) is 9.30. The van der Waals surface area contributed by atoms with E-state index in [0.29, 0.717) is 5.82 Å². The van der Waals surface area contributed by atoms with E-state index in [9.17, 15) is 8.78 Å². The van der Waals surface area contributed by atoms with Crippen LogP contribution in [0.3, 0.4) is 0 Å². The lowest BCUT2D eigenvalue weighted by Gasteiger charge is -2.30. The van der Waals surface area contributed by atoms with Gasteiger partial charge in [0.25, 0.3) is 5.89 Å². The van der Waals surface area contributed by atoms with Crippen molar-refractivity contribution >= 4 is 12.4 Å². The Balaban J connectivity index is 0.00000240. The number of nitrogens with one attached hydrogen (secondary N) is 1. The first-order chi connectivity index (χ1) is 13.6. The third kappa shape index (κ3) is 4.72. The number of rotatable bonds is 5. The highest BCUT2D eigenvalue weighted by Crippen LogP contribution is 2.29. The van der Waals surface area contributed by atoms with Gasteiger partial charge in [-0.15, -0.1) is 12.4 Å². The molecule has 9 heteroatoms. The summed E-state index contributed by atoms with van der Waals surface area (Å²) in [7, 11) is 2.01. The van der Waals surface area contributed by atoms with Crippen molar-refractivity contribution in [3.05, 3.63) is 77.4 Å². The van der Waals surface area contributed by atoms with E-state index in [2.05, 4.69) is 20.4 Å². The minimum atomic E-state index is -0.981. The van der Waals surface area contributed by atoms with Crippen LogP contribution in [0.15, 0.2) is 53.1 Å². The molecule has 4 rings (SSSR count). The highest BCUT2D eigenvalue weighted by Gasteiger charge is 2.29. The van der Waals surface area contributed by atoms with Gasteiger partial charge >= 0.3 is 0 Å². The molecule has 0 spiro atoms. The predicted molar refractivity (Wildman–Crippen MR) is 105 cm³/mol. The van der Waals surface area contributed by atoms with Crippen LogP contribution >= 0.6 is 12.4 Å². The standard InChI is InChI=1S/C20H20F2N4O2.ClH/c1-26-10-9-23-12-17(26)19-24-20(28-25-19)18(13-5-3-2-4-6-13)27-14-7-8-15(21)16(22)11-14;/h2-8,11,17-18,23H,9-10,12H2,1H3;1H. The van der Waals surface area contributed by atoms with E-state index < -0.39 is 17.7 Å². The second-order valence-electron chi connectivity index (χ2n) is 6.68. The Morgan fingerprint density at radius 1 is 1.17 bits per heavy atom. The summed E-state index contributed by atoms with van der Waals surface area (Å²) in [6.07, 6.45) is -0.742. The molecular formula is C20H21ClF2N4O2. The van der Waals surface area contributed by atoms with Gasteiger partial charge in [-0.1, -0.05) is 35.5 Å². The summed E-state index contributed by atoms with van der Waals surface area (Å²) < 4.78 is 38.3. The molecule has 154 valence electrons. The van der Waals surface area contributed by atoms with Gasteiger partial charge in [0.05, 0.1) is 6.04 Å². The van der Waals surface area contributed by atoms with Crippen molar-refractivity contribution in [1.29, 1.82) is 0 Å². The lowest BCUT2D eigenvalue weighted by atomic mass is 10.1. The van der Waals surface area contributed by atoms with Gasteiger partial charge in [0.1, 0.15) is 5.75 Å². The lowest BCUT2D eigenvalue weighted by molar-refractivity contribution is 0.184. The van der Waals surface area contributed by atoms with Crippen molar-refractivity contribution in [2.24, 2.45) is 0 Å². The molecule has 1 aromatic heterocycles. The smallest absolute Gasteiger partial charge is 0.272 e. The number of benzene rings is 2. The van der Waals surface area contributed by atoms with Crippen LogP contribution in [0.5, 0.6) is 5.75 Å². The summed E-state index contributed by atoms with van der Waals surface area (Å²) in [5.41, 5.74) is 0.762. The third-order valence-corrected chi connectivity index (χ3v) is 4.74. The predicted octanol–water partition coefficient (Wildman–Crippen LogP) is 3.51. The second-order valence-corrected chi connectivity index (χ2v) is 6.68. The van der Waals surface area contributed by atoms with Crippen LogP contribution in [0, 0.1) is 11.6 Å². The van der Waals surface area contributed by atoms with E-state index >= 15 is 0 Å². The summed E-state index contributed by atoms with van der Waals surface area (Å²) in [6.45, 7) is 2.50. The number of ether oxygens (including phenoxy) is 1. The summed E-state index contributed by atoms with van der Waals surface area (Å²) >= 11 is 0. The molecule has 0 radical (unpaired) electrons. The van der Waals surface area contributed by atoms with Gasteiger partial charge in [0.2, 0.25) is 6.10 Å². The van der Waals surface area contributed by atoms with Gasteiger partial charge in [0, 0.05) is 31.3 Å². The summed E-state index contributed by atoms with van der Waals surface area (Å²) in [5.74, 6) is -0.935. The average molecular weight is 423 g/mol. The van der Waals surface area contributed by atoms with Crippen LogP contribution in [-0.4, -0.2) is 41.7 Å². The molecule has 2 aromatic carbocycles. The zero-order valence-electron chi connectivity index (χ0n) is 15.7. The summed E-state index contributed by atoms with van der Waals surface area (Å²) in [4.78, 5) is 6.70. The molecule has 0 bridgehead atoms. The maximum Gasteiger partial charge on any atom is 0.272 e. The van der Waals surface area contributed by atoms with Crippen molar-refractivity contribution in [1.82, 2.24) is 20.4 Å². The molecule has 2 unspecified atom stereocenters. The van der Waals surface area contributed by atoms with Crippen LogP contribution < -0.4 is 10.1 Å². The zero-order chi connectivity index (χ0) is 19.5. The van der Waals surface area contributed by atoms with E-state index in [1.807, 2.05) is 37.4 Å². The van der Waals surface area contributed by atoms with E-state index in [0.717, 1.165) is 37.3 Å². The lowest BCUT2D eigenvalue weighted by Crippen LogP contribution is -2.44. The quantitative estimate of drug-likeness (QED) is 0.678. The summed E-state index contributed by atoms with van der Waals surface area (Å²) in [6, 6.07) is 12.7. The van der Waals surface area contributed by atoms with Crippen molar-refractivity contribution < 1.29 is 18.0 Å². The van der Waals surface area contributed by atoms with Crippen molar-refractivity contribution in [3.63, 3.8) is 0 Å². The van der Waals surface area contributed by atoms with Crippen LogP contribution in [0.1, 0.15) is 29.4 Å². The molecule has 3 aromatic rings. The van der Waals surface area contributed by atoms with E-state index in [1.54, 1.807) is 0 Å². The highest BCUT2D eigenvalue weighted by molar-refractivity contribution is 5.85. The maximum atomic E-state index is 13.6. The Morgan fingerprint density at radius 2 is 1.97 bits per heavy atom. The van der Waals surface area contributed by atoms with Gasteiger partial charge in [-0.2, -0.15) is 4.98 Å². The molecule has 1 aliphatic heterocycles. The van der Waals surface area contributed by atoms with E-state index in [-0.39, 0.29) is 30.1 Å².